The minimum absolute atomic E-state index is 0.128. The third kappa shape index (κ3) is 4.20. The number of nitriles is 1. The van der Waals surface area contributed by atoms with E-state index in [2.05, 4.69) is 11.0 Å². The lowest BCUT2D eigenvalue weighted by Crippen LogP contribution is -2.39. The van der Waals surface area contributed by atoms with Crippen molar-refractivity contribution in [2.24, 2.45) is 0 Å². The zero-order chi connectivity index (χ0) is 15.1. The largest absolute Gasteiger partial charge is 0.492 e. The summed E-state index contributed by atoms with van der Waals surface area (Å²) in [5.74, 6) is 0.624. The number of benzene rings is 1. The lowest BCUT2D eigenvalue weighted by Gasteiger charge is -2.22. The zero-order valence-electron chi connectivity index (χ0n) is 12.2. The molecule has 1 unspecified atom stereocenters. The van der Waals surface area contributed by atoms with E-state index in [4.69, 9.17) is 14.7 Å². The van der Waals surface area contributed by atoms with Crippen molar-refractivity contribution in [1.29, 1.82) is 5.26 Å². The number of carbonyl (C=O) groups is 1. The molecule has 1 heterocycles. The van der Waals surface area contributed by atoms with Crippen LogP contribution < -0.4 is 4.74 Å². The standard InChI is InChI=1S/C16H20N2O3/c1-20-16(19)15-3-2-10-18(15)11-12-21-14-6-4-13(5-7-14)8-9-17/h4-7,15H,2-3,8,10-12H2,1H3. The van der Waals surface area contributed by atoms with E-state index in [1.165, 1.54) is 7.11 Å². The molecule has 0 radical (unpaired) electrons. The maximum atomic E-state index is 11.6. The Labute approximate surface area is 125 Å². The van der Waals surface area contributed by atoms with Crippen molar-refractivity contribution in [2.75, 3.05) is 26.8 Å². The summed E-state index contributed by atoms with van der Waals surface area (Å²) in [7, 11) is 1.43. The zero-order valence-corrected chi connectivity index (χ0v) is 12.2. The molecule has 1 aliphatic rings. The van der Waals surface area contributed by atoms with E-state index in [9.17, 15) is 4.79 Å². The van der Waals surface area contributed by atoms with Crippen molar-refractivity contribution in [3.8, 4) is 11.8 Å². The van der Waals surface area contributed by atoms with Gasteiger partial charge in [-0.25, -0.2) is 0 Å². The maximum absolute atomic E-state index is 11.6. The van der Waals surface area contributed by atoms with Crippen LogP contribution in [0.25, 0.3) is 0 Å². The Balaban J connectivity index is 1.78. The number of carbonyl (C=O) groups excluding carboxylic acids is 1. The number of hydrogen-bond acceptors (Lipinski definition) is 5. The Morgan fingerprint density at radius 1 is 1.43 bits per heavy atom. The van der Waals surface area contributed by atoms with Crippen LogP contribution in [0.15, 0.2) is 24.3 Å². The first-order chi connectivity index (χ1) is 10.2. The Bertz CT molecular complexity index is 507. The summed E-state index contributed by atoms with van der Waals surface area (Å²) < 4.78 is 10.5. The first-order valence-electron chi connectivity index (χ1n) is 7.15. The summed E-state index contributed by atoms with van der Waals surface area (Å²) in [5, 5.41) is 8.62. The lowest BCUT2D eigenvalue weighted by atomic mass is 10.2. The van der Waals surface area contributed by atoms with Crippen LogP contribution in [0, 0.1) is 11.3 Å². The number of nitrogens with zero attached hydrogens (tertiary/aromatic N) is 2. The molecule has 1 saturated heterocycles. The average molecular weight is 288 g/mol. The lowest BCUT2D eigenvalue weighted by molar-refractivity contribution is -0.145. The van der Waals surface area contributed by atoms with Crippen LogP contribution in [-0.4, -0.2) is 43.7 Å². The summed E-state index contributed by atoms with van der Waals surface area (Å²) in [4.78, 5) is 13.7. The molecule has 5 nitrogen and oxygen atoms in total. The third-order valence-electron chi connectivity index (χ3n) is 3.69. The minimum Gasteiger partial charge on any atom is -0.492 e. The van der Waals surface area contributed by atoms with Crippen molar-refractivity contribution in [1.82, 2.24) is 4.90 Å². The third-order valence-corrected chi connectivity index (χ3v) is 3.69. The van der Waals surface area contributed by atoms with Crippen LogP contribution in [0.3, 0.4) is 0 Å². The van der Waals surface area contributed by atoms with Gasteiger partial charge in [0.05, 0.1) is 19.6 Å². The molecule has 1 aliphatic heterocycles. The summed E-state index contributed by atoms with van der Waals surface area (Å²) in [6, 6.07) is 9.51. The molecule has 1 fully saturated rings. The summed E-state index contributed by atoms with van der Waals surface area (Å²) in [6.45, 7) is 2.15. The van der Waals surface area contributed by atoms with Gasteiger partial charge in [-0.15, -0.1) is 0 Å². The Kier molecular flexibility index (Phi) is 5.59. The molecule has 112 valence electrons. The quantitative estimate of drug-likeness (QED) is 0.747. The topological polar surface area (TPSA) is 62.6 Å². The molecule has 2 rings (SSSR count). The first-order valence-corrected chi connectivity index (χ1v) is 7.15. The second kappa shape index (κ2) is 7.65. The van der Waals surface area contributed by atoms with Gasteiger partial charge in [0.25, 0.3) is 0 Å². The highest BCUT2D eigenvalue weighted by Crippen LogP contribution is 2.18. The van der Waals surface area contributed by atoms with Gasteiger partial charge in [-0.1, -0.05) is 12.1 Å². The van der Waals surface area contributed by atoms with Gasteiger partial charge >= 0.3 is 5.97 Å². The normalized spacial score (nSPS) is 18.2. The first kappa shape index (κ1) is 15.3. The monoisotopic (exact) mass is 288 g/mol. The van der Waals surface area contributed by atoms with E-state index in [0.29, 0.717) is 19.6 Å². The van der Waals surface area contributed by atoms with Gasteiger partial charge in [0.1, 0.15) is 18.4 Å². The molecular formula is C16H20N2O3. The predicted octanol–water partition coefficient (Wildman–Crippen LogP) is 1.77. The molecule has 1 aromatic carbocycles. The predicted molar refractivity (Wildman–Crippen MR) is 77.9 cm³/mol. The van der Waals surface area contributed by atoms with E-state index in [0.717, 1.165) is 30.7 Å². The number of rotatable bonds is 6. The highest BCUT2D eigenvalue weighted by molar-refractivity contribution is 5.75. The van der Waals surface area contributed by atoms with Gasteiger partial charge in [0.2, 0.25) is 0 Å². The van der Waals surface area contributed by atoms with Crippen LogP contribution in [0.1, 0.15) is 18.4 Å². The smallest absolute Gasteiger partial charge is 0.323 e. The molecule has 5 heteroatoms. The van der Waals surface area contributed by atoms with Crippen LogP contribution in [-0.2, 0) is 16.0 Å². The van der Waals surface area contributed by atoms with Gasteiger partial charge < -0.3 is 9.47 Å². The molecule has 0 N–H and O–H groups in total. The fraction of sp³-hybridized carbons (Fsp3) is 0.500. The number of hydrogen-bond donors (Lipinski definition) is 0. The molecule has 0 aliphatic carbocycles. The summed E-state index contributed by atoms with van der Waals surface area (Å²) in [5.41, 5.74) is 0.982. The minimum atomic E-state index is -0.159. The number of ether oxygens (including phenoxy) is 2. The Morgan fingerprint density at radius 3 is 2.86 bits per heavy atom. The molecule has 0 bridgehead atoms. The average Bonchev–Trinajstić information content (AvgIpc) is 2.97. The van der Waals surface area contributed by atoms with E-state index < -0.39 is 0 Å². The van der Waals surface area contributed by atoms with Crippen molar-refractivity contribution < 1.29 is 14.3 Å². The highest BCUT2D eigenvalue weighted by Gasteiger charge is 2.30. The molecule has 1 atom stereocenters. The summed E-state index contributed by atoms with van der Waals surface area (Å²) in [6.07, 6.45) is 2.28. The molecule has 0 spiro atoms. The Morgan fingerprint density at radius 2 is 2.19 bits per heavy atom. The molecule has 0 aromatic heterocycles. The van der Waals surface area contributed by atoms with Crippen molar-refractivity contribution >= 4 is 5.97 Å². The number of esters is 1. The van der Waals surface area contributed by atoms with Crippen molar-refractivity contribution in [3.05, 3.63) is 29.8 Å². The SMILES string of the molecule is COC(=O)C1CCCN1CCOc1ccc(CC#N)cc1. The molecule has 0 amide bonds. The Hall–Kier alpha value is -2.06. The van der Waals surface area contributed by atoms with Crippen LogP contribution in [0.5, 0.6) is 5.75 Å². The van der Waals surface area contributed by atoms with Crippen molar-refractivity contribution in [3.63, 3.8) is 0 Å². The molecule has 0 saturated carbocycles. The number of methoxy groups -OCH3 is 1. The van der Waals surface area contributed by atoms with Gasteiger partial charge in [0, 0.05) is 6.54 Å². The van der Waals surface area contributed by atoms with Crippen LogP contribution in [0.4, 0.5) is 0 Å². The van der Waals surface area contributed by atoms with Gasteiger partial charge in [-0.2, -0.15) is 5.26 Å². The second-order valence-corrected chi connectivity index (χ2v) is 5.04. The summed E-state index contributed by atoms with van der Waals surface area (Å²) >= 11 is 0. The van der Waals surface area contributed by atoms with E-state index >= 15 is 0 Å². The van der Waals surface area contributed by atoms with E-state index in [1.54, 1.807) is 0 Å². The molecular weight excluding hydrogens is 268 g/mol. The van der Waals surface area contributed by atoms with Gasteiger partial charge in [-0.05, 0) is 37.1 Å². The van der Waals surface area contributed by atoms with Gasteiger partial charge in [0.15, 0.2) is 0 Å². The van der Waals surface area contributed by atoms with E-state index in [1.807, 2.05) is 24.3 Å². The second-order valence-electron chi connectivity index (χ2n) is 5.04. The van der Waals surface area contributed by atoms with Crippen LogP contribution >= 0.6 is 0 Å². The highest BCUT2D eigenvalue weighted by atomic mass is 16.5. The molecule has 1 aromatic rings. The molecule has 21 heavy (non-hydrogen) atoms. The maximum Gasteiger partial charge on any atom is 0.323 e. The fourth-order valence-corrected chi connectivity index (χ4v) is 2.57. The fourth-order valence-electron chi connectivity index (χ4n) is 2.57. The van der Waals surface area contributed by atoms with Crippen molar-refractivity contribution in [2.45, 2.75) is 25.3 Å². The van der Waals surface area contributed by atoms with Crippen LogP contribution in [0.2, 0.25) is 0 Å². The van der Waals surface area contributed by atoms with E-state index in [-0.39, 0.29) is 12.0 Å². The number of likely N-dealkylation sites (tertiary alicyclic amines) is 1. The van der Waals surface area contributed by atoms with Gasteiger partial charge in [-0.3, -0.25) is 9.69 Å².